The minimum atomic E-state index is 0.130. The minimum Gasteiger partial charge on any atom is -0.396 e. The van der Waals surface area contributed by atoms with Crippen molar-refractivity contribution in [2.45, 2.75) is 19.4 Å². The smallest absolute Gasteiger partial charge is 0.0462 e. The molecule has 0 aliphatic rings. The normalized spacial score (nSPS) is 12.7. The van der Waals surface area contributed by atoms with Gasteiger partial charge < -0.3 is 16.2 Å². The molecule has 1 atom stereocenters. The second-order valence-electron chi connectivity index (χ2n) is 3.55. The Hall–Kier alpha value is -0.970. The van der Waals surface area contributed by atoms with Gasteiger partial charge in [0.25, 0.3) is 0 Å². The Morgan fingerprint density at radius 2 is 2.40 bits per heavy atom. The fraction of sp³-hybridized carbons (Fsp3) is 0.545. The zero-order chi connectivity index (χ0) is 11.1. The molecule has 15 heavy (non-hydrogen) atoms. The quantitative estimate of drug-likeness (QED) is 0.592. The molecule has 4 heteroatoms. The van der Waals surface area contributed by atoms with Crippen LogP contribution in [0.4, 0.5) is 0 Å². The molecule has 0 spiro atoms. The number of aryl methyl sites for hydroxylation is 1. The van der Waals surface area contributed by atoms with Gasteiger partial charge in [-0.1, -0.05) is 0 Å². The number of aromatic nitrogens is 1. The predicted octanol–water partition coefficient (Wildman–Crippen LogP) is 0.362. The summed E-state index contributed by atoms with van der Waals surface area (Å²) in [5.74, 6) is 0. The Morgan fingerprint density at radius 1 is 1.60 bits per heavy atom. The van der Waals surface area contributed by atoms with E-state index in [0.717, 1.165) is 18.5 Å². The van der Waals surface area contributed by atoms with Gasteiger partial charge in [0.15, 0.2) is 0 Å². The average Bonchev–Trinajstić information content (AvgIpc) is 2.26. The second-order valence-corrected chi connectivity index (χ2v) is 3.55. The van der Waals surface area contributed by atoms with E-state index in [9.17, 15) is 0 Å². The van der Waals surface area contributed by atoms with E-state index in [1.165, 1.54) is 5.56 Å². The van der Waals surface area contributed by atoms with Crippen molar-refractivity contribution in [3.05, 3.63) is 29.6 Å². The number of hydrogen-bond donors (Lipinski definition) is 3. The van der Waals surface area contributed by atoms with Gasteiger partial charge in [0.1, 0.15) is 0 Å². The number of nitrogens with one attached hydrogen (secondary N) is 1. The number of nitrogens with two attached hydrogens (primary N) is 1. The van der Waals surface area contributed by atoms with Crippen molar-refractivity contribution in [2.24, 2.45) is 5.73 Å². The highest BCUT2D eigenvalue weighted by molar-refractivity contribution is 5.25. The van der Waals surface area contributed by atoms with Crippen LogP contribution in [0.2, 0.25) is 0 Å². The van der Waals surface area contributed by atoms with Crippen LogP contribution >= 0.6 is 0 Å². The van der Waals surface area contributed by atoms with Crippen LogP contribution in [0.1, 0.15) is 23.6 Å². The van der Waals surface area contributed by atoms with Gasteiger partial charge >= 0.3 is 0 Å². The fourth-order valence-corrected chi connectivity index (χ4v) is 1.52. The maximum atomic E-state index is 8.69. The summed E-state index contributed by atoms with van der Waals surface area (Å²) in [6.07, 6.45) is 4.37. The third kappa shape index (κ3) is 3.58. The summed E-state index contributed by atoms with van der Waals surface area (Å²) >= 11 is 0. The van der Waals surface area contributed by atoms with Crippen molar-refractivity contribution in [3.8, 4) is 0 Å². The van der Waals surface area contributed by atoms with E-state index in [2.05, 4.69) is 10.3 Å². The summed E-state index contributed by atoms with van der Waals surface area (Å²) in [6, 6.07) is 2.11. The zero-order valence-electron chi connectivity index (χ0n) is 9.11. The molecule has 1 aromatic rings. The molecule has 0 bridgehead atoms. The van der Waals surface area contributed by atoms with Crippen molar-refractivity contribution < 1.29 is 5.11 Å². The molecule has 84 valence electrons. The van der Waals surface area contributed by atoms with Gasteiger partial charge in [-0.3, -0.25) is 4.98 Å². The Labute approximate surface area is 90.5 Å². The monoisotopic (exact) mass is 209 g/mol. The number of nitrogens with zero attached hydrogens (tertiary/aromatic N) is 1. The van der Waals surface area contributed by atoms with E-state index < -0.39 is 0 Å². The highest BCUT2D eigenvalue weighted by atomic mass is 16.3. The molecule has 1 rings (SSSR count). The maximum absolute atomic E-state index is 8.69. The number of hydrogen-bond acceptors (Lipinski definition) is 4. The van der Waals surface area contributed by atoms with Gasteiger partial charge in [-0.2, -0.15) is 0 Å². The van der Waals surface area contributed by atoms with Crippen LogP contribution in [-0.2, 0) is 0 Å². The van der Waals surface area contributed by atoms with Crippen molar-refractivity contribution >= 4 is 0 Å². The summed E-state index contributed by atoms with van der Waals surface area (Å²) in [4.78, 5) is 4.10. The van der Waals surface area contributed by atoms with Crippen LogP contribution in [0.3, 0.4) is 0 Å². The highest BCUT2D eigenvalue weighted by Gasteiger charge is 2.10. The summed E-state index contributed by atoms with van der Waals surface area (Å²) in [5, 5.41) is 12.0. The van der Waals surface area contributed by atoms with Crippen LogP contribution in [0.25, 0.3) is 0 Å². The number of rotatable bonds is 6. The molecule has 0 amide bonds. The van der Waals surface area contributed by atoms with Gasteiger partial charge in [0.2, 0.25) is 0 Å². The van der Waals surface area contributed by atoms with Crippen molar-refractivity contribution in [1.82, 2.24) is 10.3 Å². The minimum absolute atomic E-state index is 0.130. The zero-order valence-corrected chi connectivity index (χ0v) is 9.11. The Morgan fingerprint density at radius 3 is 3.00 bits per heavy atom. The molecule has 0 saturated carbocycles. The molecule has 1 unspecified atom stereocenters. The van der Waals surface area contributed by atoms with E-state index in [1.54, 1.807) is 6.20 Å². The van der Waals surface area contributed by atoms with Crippen LogP contribution in [-0.4, -0.2) is 29.8 Å². The van der Waals surface area contributed by atoms with Crippen molar-refractivity contribution in [1.29, 1.82) is 0 Å². The van der Waals surface area contributed by atoms with Gasteiger partial charge in [-0.05, 0) is 37.1 Å². The highest BCUT2D eigenvalue weighted by Crippen LogP contribution is 2.14. The first-order chi connectivity index (χ1) is 7.29. The van der Waals surface area contributed by atoms with Gasteiger partial charge in [0.05, 0.1) is 0 Å². The van der Waals surface area contributed by atoms with Gasteiger partial charge in [-0.15, -0.1) is 0 Å². The van der Waals surface area contributed by atoms with E-state index in [4.69, 9.17) is 10.8 Å². The van der Waals surface area contributed by atoms with Crippen LogP contribution in [0, 0.1) is 6.92 Å². The SMILES string of the molecule is Cc1ccncc1C(CN)NCCCO. The van der Waals surface area contributed by atoms with Crippen LogP contribution in [0.15, 0.2) is 18.5 Å². The van der Waals surface area contributed by atoms with Crippen molar-refractivity contribution in [2.75, 3.05) is 19.7 Å². The summed E-state index contributed by atoms with van der Waals surface area (Å²) in [7, 11) is 0. The lowest BCUT2D eigenvalue weighted by Gasteiger charge is -2.18. The molecule has 4 N–H and O–H groups in total. The second kappa shape index (κ2) is 6.50. The Bertz CT molecular complexity index is 291. The number of pyridine rings is 1. The lowest BCUT2D eigenvalue weighted by molar-refractivity contribution is 0.283. The largest absolute Gasteiger partial charge is 0.396 e. The summed E-state index contributed by atoms with van der Waals surface area (Å²) in [6.45, 7) is 3.56. The first-order valence-electron chi connectivity index (χ1n) is 5.24. The molecular weight excluding hydrogens is 190 g/mol. The van der Waals surface area contributed by atoms with Gasteiger partial charge in [-0.25, -0.2) is 0 Å². The molecule has 1 heterocycles. The molecule has 0 fully saturated rings. The maximum Gasteiger partial charge on any atom is 0.0462 e. The molecule has 0 aromatic carbocycles. The summed E-state index contributed by atoms with van der Waals surface area (Å²) < 4.78 is 0. The molecule has 0 saturated heterocycles. The molecule has 4 nitrogen and oxygen atoms in total. The molecule has 0 radical (unpaired) electrons. The lowest BCUT2D eigenvalue weighted by Crippen LogP contribution is -2.30. The fourth-order valence-electron chi connectivity index (χ4n) is 1.52. The van der Waals surface area contributed by atoms with E-state index >= 15 is 0 Å². The van der Waals surface area contributed by atoms with Crippen LogP contribution in [0.5, 0.6) is 0 Å². The first-order valence-corrected chi connectivity index (χ1v) is 5.24. The topological polar surface area (TPSA) is 71.2 Å². The predicted molar refractivity (Wildman–Crippen MR) is 60.5 cm³/mol. The molecular formula is C11H19N3O. The summed E-state index contributed by atoms with van der Waals surface area (Å²) in [5.41, 5.74) is 8.03. The third-order valence-corrected chi connectivity index (χ3v) is 2.42. The standard InChI is InChI=1S/C11H19N3O/c1-9-3-5-13-8-10(9)11(7-12)14-4-2-6-15/h3,5,8,11,14-15H,2,4,6-7,12H2,1H3. The first kappa shape index (κ1) is 12.1. The van der Waals surface area contributed by atoms with E-state index in [0.29, 0.717) is 6.54 Å². The number of aliphatic hydroxyl groups is 1. The van der Waals surface area contributed by atoms with Gasteiger partial charge in [0, 0.05) is 31.6 Å². The van der Waals surface area contributed by atoms with E-state index in [-0.39, 0.29) is 12.6 Å². The van der Waals surface area contributed by atoms with Crippen LogP contribution < -0.4 is 11.1 Å². The Balaban J connectivity index is 2.61. The molecule has 0 aliphatic heterocycles. The third-order valence-electron chi connectivity index (χ3n) is 2.42. The Kier molecular flexibility index (Phi) is 5.25. The average molecular weight is 209 g/mol. The van der Waals surface area contributed by atoms with Crippen molar-refractivity contribution in [3.63, 3.8) is 0 Å². The molecule has 1 aromatic heterocycles. The lowest BCUT2D eigenvalue weighted by atomic mass is 10.0. The molecule has 0 aliphatic carbocycles. The number of aliphatic hydroxyl groups excluding tert-OH is 1. The van der Waals surface area contributed by atoms with E-state index in [1.807, 2.05) is 19.2 Å².